The number of halogens is 1. The van der Waals surface area contributed by atoms with Crippen LogP contribution in [0.3, 0.4) is 0 Å². The highest BCUT2D eigenvalue weighted by Gasteiger charge is 2.21. The molecule has 0 aliphatic rings. The molecule has 0 aliphatic heterocycles. The van der Waals surface area contributed by atoms with E-state index < -0.39 is 11.6 Å². The van der Waals surface area contributed by atoms with E-state index in [1.165, 1.54) is 12.1 Å². The second kappa shape index (κ2) is 4.66. The van der Waals surface area contributed by atoms with E-state index in [-0.39, 0.29) is 22.3 Å². The number of benzene rings is 1. The van der Waals surface area contributed by atoms with Crippen molar-refractivity contribution in [2.45, 2.75) is 20.8 Å². The number of rotatable bonds is 3. The van der Waals surface area contributed by atoms with E-state index in [2.05, 4.69) is 0 Å². The quantitative estimate of drug-likeness (QED) is 0.653. The fourth-order valence-corrected chi connectivity index (χ4v) is 1.41. The molecule has 0 saturated carbocycles. The summed E-state index contributed by atoms with van der Waals surface area (Å²) < 4.78 is 0. The molecule has 1 rings (SSSR count). The molecule has 3 nitrogen and oxygen atoms in total. The third-order valence-electron chi connectivity index (χ3n) is 2.33. The average molecular weight is 241 g/mol. The summed E-state index contributed by atoms with van der Waals surface area (Å²) >= 11 is 5.82. The molecular weight excluding hydrogens is 228 g/mol. The predicted molar refractivity (Wildman–Crippen MR) is 62.0 cm³/mol. The van der Waals surface area contributed by atoms with Gasteiger partial charge in [-0.3, -0.25) is 9.59 Å². The Labute approximate surface area is 99.0 Å². The van der Waals surface area contributed by atoms with Gasteiger partial charge in [0, 0.05) is 22.1 Å². The summed E-state index contributed by atoms with van der Waals surface area (Å²) in [5, 5.41) is 9.78. The van der Waals surface area contributed by atoms with Gasteiger partial charge in [0.2, 0.25) is 11.6 Å². The fraction of sp³-hybridized carbons (Fsp3) is 0.333. The van der Waals surface area contributed by atoms with Crippen molar-refractivity contribution in [2.75, 3.05) is 0 Å². The maximum atomic E-state index is 11.7. The van der Waals surface area contributed by atoms with Crippen LogP contribution in [0.25, 0.3) is 0 Å². The van der Waals surface area contributed by atoms with Gasteiger partial charge in [-0.1, -0.05) is 25.4 Å². The zero-order valence-electron chi connectivity index (χ0n) is 9.37. The Balaban J connectivity index is 3.16. The molecule has 0 amide bonds. The summed E-state index contributed by atoms with van der Waals surface area (Å²) in [5.74, 6) is -1.55. The predicted octanol–water partition coefficient (Wildman–Crippen LogP) is 2.76. The molecule has 0 aliphatic carbocycles. The van der Waals surface area contributed by atoms with Crippen LogP contribution in [0.4, 0.5) is 0 Å². The maximum Gasteiger partial charge on any atom is 0.229 e. The highest BCUT2D eigenvalue weighted by Crippen LogP contribution is 2.27. The summed E-state index contributed by atoms with van der Waals surface area (Å²) in [4.78, 5) is 23.2. The van der Waals surface area contributed by atoms with E-state index in [1.54, 1.807) is 20.8 Å². The first-order chi connectivity index (χ1) is 7.34. The Hall–Kier alpha value is -1.35. The molecule has 0 bridgehead atoms. The van der Waals surface area contributed by atoms with Crippen molar-refractivity contribution in [3.8, 4) is 5.75 Å². The first kappa shape index (κ1) is 12.7. The minimum absolute atomic E-state index is 0.0765. The second-order valence-corrected chi connectivity index (χ2v) is 4.36. The van der Waals surface area contributed by atoms with Gasteiger partial charge in [0.25, 0.3) is 0 Å². The van der Waals surface area contributed by atoms with Crippen LogP contribution < -0.4 is 0 Å². The van der Waals surface area contributed by atoms with Gasteiger partial charge in [0.15, 0.2) is 0 Å². The summed E-state index contributed by atoms with van der Waals surface area (Å²) in [7, 11) is 0. The Morgan fingerprint density at radius 1 is 1.31 bits per heavy atom. The lowest BCUT2D eigenvalue weighted by atomic mass is 9.98. The van der Waals surface area contributed by atoms with Gasteiger partial charge >= 0.3 is 0 Å². The first-order valence-electron chi connectivity index (χ1n) is 4.92. The van der Waals surface area contributed by atoms with E-state index in [0.717, 1.165) is 0 Å². The largest absolute Gasteiger partial charge is 0.508 e. The summed E-state index contributed by atoms with van der Waals surface area (Å²) in [5.41, 5.74) is 0.627. The van der Waals surface area contributed by atoms with Crippen LogP contribution in [-0.4, -0.2) is 16.7 Å². The van der Waals surface area contributed by atoms with Gasteiger partial charge in [-0.2, -0.15) is 0 Å². The van der Waals surface area contributed by atoms with Crippen LogP contribution in [0.5, 0.6) is 5.75 Å². The monoisotopic (exact) mass is 240 g/mol. The van der Waals surface area contributed by atoms with Crippen molar-refractivity contribution in [3.63, 3.8) is 0 Å². The van der Waals surface area contributed by atoms with Crippen molar-refractivity contribution in [2.24, 2.45) is 5.92 Å². The van der Waals surface area contributed by atoms with Crippen LogP contribution >= 0.6 is 11.6 Å². The van der Waals surface area contributed by atoms with E-state index >= 15 is 0 Å². The molecule has 16 heavy (non-hydrogen) atoms. The molecule has 1 aromatic carbocycles. The maximum absolute atomic E-state index is 11.7. The van der Waals surface area contributed by atoms with Gasteiger partial charge in [0.05, 0.1) is 0 Å². The lowest BCUT2D eigenvalue weighted by Crippen LogP contribution is -2.19. The normalized spacial score (nSPS) is 10.6. The van der Waals surface area contributed by atoms with E-state index in [0.29, 0.717) is 5.56 Å². The second-order valence-electron chi connectivity index (χ2n) is 3.95. The number of hydrogen-bond donors (Lipinski definition) is 1. The highest BCUT2D eigenvalue weighted by atomic mass is 35.5. The zero-order valence-corrected chi connectivity index (χ0v) is 10.1. The first-order valence-corrected chi connectivity index (χ1v) is 5.30. The topological polar surface area (TPSA) is 54.4 Å². The SMILES string of the molecule is Cc1c(O)cc(C(=O)C(=O)C(C)C)cc1Cl. The third-order valence-corrected chi connectivity index (χ3v) is 2.72. The molecule has 1 N–H and O–H groups in total. The van der Waals surface area contributed by atoms with Crippen molar-refractivity contribution in [1.29, 1.82) is 0 Å². The lowest BCUT2D eigenvalue weighted by Gasteiger charge is -2.06. The molecule has 0 heterocycles. The van der Waals surface area contributed by atoms with Crippen LogP contribution in [0.15, 0.2) is 12.1 Å². The van der Waals surface area contributed by atoms with Crippen molar-refractivity contribution < 1.29 is 14.7 Å². The molecule has 86 valence electrons. The van der Waals surface area contributed by atoms with Crippen LogP contribution in [0, 0.1) is 12.8 Å². The summed E-state index contributed by atoms with van der Waals surface area (Å²) in [6.45, 7) is 4.93. The Morgan fingerprint density at radius 3 is 2.31 bits per heavy atom. The number of phenolic OH excluding ortho intramolecular Hbond substituents is 1. The number of carbonyl (C=O) groups is 2. The van der Waals surface area contributed by atoms with Crippen LogP contribution in [0.2, 0.25) is 5.02 Å². The number of phenols is 1. The lowest BCUT2D eigenvalue weighted by molar-refractivity contribution is -0.117. The Morgan fingerprint density at radius 2 is 1.88 bits per heavy atom. The molecule has 0 atom stereocenters. The molecule has 0 saturated heterocycles. The molecule has 0 radical (unpaired) electrons. The standard InChI is InChI=1S/C12H13ClO3/c1-6(2)11(15)12(16)8-4-9(13)7(3)10(14)5-8/h4-6,14H,1-3H3. The van der Waals surface area contributed by atoms with Gasteiger partial charge < -0.3 is 5.11 Å². The molecular formula is C12H13ClO3. The number of ketones is 2. The molecule has 0 fully saturated rings. The minimum Gasteiger partial charge on any atom is -0.508 e. The molecule has 0 spiro atoms. The van der Waals surface area contributed by atoms with Crippen molar-refractivity contribution in [3.05, 3.63) is 28.3 Å². The van der Waals surface area contributed by atoms with E-state index in [4.69, 9.17) is 11.6 Å². The van der Waals surface area contributed by atoms with Crippen LogP contribution in [-0.2, 0) is 4.79 Å². The van der Waals surface area contributed by atoms with Gasteiger partial charge in [0.1, 0.15) is 5.75 Å². The fourth-order valence-electron chi connectivity index (χ4n) is 1.20. The smallest absolute Gasteiger partial charge is 0.229 e. The van der Waals surface area contributed by atoms with Gasteiger partial charge in [-0.15, -0.1) is 0 Å². The summed E-state index contributed by atoms with van der Waals surface area (Å²) in [6, 6.07) is 2.67. The molecule has 4 heteroatoms. The van der Waals surface area contributed by atoms with Gasteiger partial charge in [-0.05, 0) is 19.1 Å². The van der Waals surface area contributed by atoms with Crippen molar-refractivity contribution in [1.82, 2.24) is 0 Å². The third kappa shape index (κ3) is 2.42. The molecule has 0 unspecified atom stereocenters. The highest BCUT2D eigenvalue weighted by molar-refractivity contribution is 6.44. The number of Topliss-reactive ketones (excluding diaryl/α,β-unsaturated/α-hetero) is 2. The number of aromatic hydroxyl groups is 1. The van der Waals surface area contributed by atoms with Crippen LogP contribution in [0.1, 0.15) is 29.8 Å². The number of hydrogen-bond acceptors (Lipinski definition) is 3. The van der Waals surface area contributed by atoms with E-state index in [1.807, 2.05) is 0 Å². The Kier molecular flexibility index (Phi) is 3.70. The molecule has 1 aromatic rings. The Bertz CT molecular complexity index is 427. The van der Waals surface area contributed by atoms with E-state index in [9.17, 15) is 14.7 Å². The minimum atomic E-state index is -0.618. The average Bonchev–Trinajstić information content (AvgIpc) is 2.22. The van der Waals surface area contributed by atoms with Crippen molar-refractivity contribution >= 4 is 23.2 Å². The number of carbonyl (C=O) groups excluding carboxylic acids is 2. The van der Waals surface area contributed by atoms with Gasteiger partial charge in [-0.25, -0.2) is 0 Å². The molecule has 0 aromatic heterocycles. The summed E-state index contributed by atoms with van der Waals surface area (Å²) in [6.07, 6.45) is 0. The zero-order chi connectivity index (χ0) is 12.5.